The molecule has 0 fully saturated rings. The SMILES string of the molecule is CN(C)C(=O)CNCC(=O)NCc1ccccc1. The van der Waals surface area contributed by atoms with E-state index in [0.717, 1.165) is 5.56 Å². The molecule has 5 heteroatoms. The van der Waals surface area contributed by atoms with Gasteiger partial charge in [0.05, 0.1) is 13.1 Å². The molecule has 0 saturated carbocycles. The number of hydrogen-bond acceptors (Lipinski definition) is 3. The molecule has 1 aromatic carbocycles. The number of nitrogens with one attached hydrogen (secondary N) is 2. The van der Waals surface area contributed by atoms with Gasteiger partial charge in [-0.2, -0.15) is 0 Å². The van der Waals surface area contributed by atoms with Crippen molar-refractivity contribution in [3.63, 3.8) is 0 Å². The predicted octanol–water partition coefficient (Wildman–Crippen LogP) is -0.0194. The van der Waals surface area contributed by atoms with Crippen LogP contribution in [0.5, 0.6) is 0 Å². The molecule has 0 bridgehead atoms. The van der Waals surface area contributed by atoms with Crippen LogP contribution in [0, 0.1) is 0 Å². The molecule has 0 unspecified atom stereocenters. The molecule has 18 heavy (non-hydrogen) atoms. The summed E-state index contributed by atoms with van der Waals surface area (Å²) in [4.78, 5) is 24.2. The zero-order chi connectivity index (χ0) is 13.4. The highest BCUT2D eigenvalue weighted by molar-refractivity contribution is 5.80. The van der Waals surface area contributed by atoms with Gasteiger partial charge in [0.15, 0.2) is 0 Å². The second kappa shape index (κ2) is 7.45. The van der Waals surface area contributed by atoms with E-state index in [1.165, 1.54) is 4.90 Å². The summed E-state index contributed by atoms with van der Waals surface area (Å²) in [5.74, 6) is -0.170. The number of amides is 2. The van der Waals surface area contributed by atoms with E-state index in [-0.39, 0.29) is 24.9 Å². The first-order chi connectivity index (χ1) is 8.59. The Bertz CT molecular complexity index is 390. The monoisotopic (exact) mass is 249 g/mol. The predicted molar refractivity (Wildman–Crippen MR) is 69.9 cm³/mol. The summed E-state index contributed by atoms with van der Waals surface area (Å²) in [7, 11) is 3.36. The molecule has 0 saturated heterocycles. The Hall–Kier alpha value is -1.88. The van der Waals surface area contributed by atoms with Crippen LogP contribution in [0.4, 0.5) is 0 Å². The summed E-state index contributed by atoms with van der Waals surface area (Å²) >= 11 is 0. The zero-order valence-corrected chi connectivity index (χ0v) is 10.8. The molecule has 98 valence electrons. The molecular weight excluding hydrogens is 230 g/mol. The molecule has 0 aliphatic heterocycles. The van der Waals surface area contributed by atoms with Crippen LogP contribution in [0.2, 0.25) is 0 Å². The lowest BCUT2D eigenvalue weighted by Crippen LogP contribution is -2.39. The quantitative estimate of drug-likeness (QED) is 0.745. The molecule has 0 radical (unpaired) electrons. The van der Waals surface area contributed by atoms with Gasteiger partial charge in [-0.25, -0.2) is 0 Å². The third-order valence-corrected chi connectivity index (χ3v) is 2.39. The Balaban J connectivity index is 2.17. The average molecular weight is 249 g/mol. The maximum Gasteiger partial charge on any atom is 0.236 e. The standard InChI is InChI=1S/C13H19N3O2/c1-16(2)13(18)10-14-9-12(17)15-8-11-6-4-3-5-7-11/h3-7,14H,8-10H2,1-2H3,(H,15,17). The van der Waals surface area contributed by atoms with Gasteiger partial charge in [0.25, 0.3) is 0 Å². The number of carbonyl (C=O) groups excluding carboxylic acids is 2. The summed E-state index contributed by atoms with van der Waals surface area (Å²) in [6.45, 7) is 0.821. The number of hydrogen-bond donors (Lipinski definition) is 2. The number of likely N-dealkylation sites (N-methyl/N-ethyl adjacent to an activating group) is 1. The van der Waals surface area contributed by atoms with Crippen LogP contribution in [0.15, 0.2) is 30.3 Å². The highest BCUT2D eigenvalue weighted by Crippen LogP contribution is 1.96. The van der Waals surface area contributed by atoms with Gasteiger partial charge >= 0.3 is 0 Å². The first kappa shape index (κ1) is 14.2. The first-order valence-electron chi connectivity index (χ1n) is 5.81. The van der Waals surface area contributed by atoms with Gasteiger partial charge in [-0.3, -0.25) is 14.9 Å². The fourth-order valence-corrected chi connectivity index (χ4v) is 1.30. The van der Waals surface area contributed by atoms with Crippen molar-refractivity contribution in [2.75, 3.05) is 27.2 Å². The van der Waals surface area contributed by atoms with Gasteiger partial charge in [0.1, 0.15) is 0 Å². The molecule has 2 N–H and O–H groups in total. The topological polar surface area (TPSA) is 61.4 Å². The third-order valence-electron chi connectivity index (χ3n) is 2.39. The minimum atomic E-state index is -0.120. The minimum absolute atomic E-state index is 0.0501. The molecule has 5 nitrogen and oxygen atoms in total. The number of benzene rings is 1. The molecule has 2 amide bonds. The lowest BCUT2D eigenvalue weighted by Gasteiger charge is -2.11. The van der Waals surface area contributed by atoms with Gasteiger partial charge < -0.3 is 10.2 Å². The normalized spacial score (nSPS) is 9.89. The summed E-state index contributed by atoms with van der Waals surface area (Å²) in [6.07, 6.45) is 0. The Morgan fingerprint density at radius 2 is 1.78 bits per heavy atom. The van der Waals surface area contributed by atoms with Crippen molar-refractivity contribution >= 4 is 11.8 Å². The van der Waals surface area contributed by atoms with Crippen molar-refractivity contribution in [2.24, 2.45) is 0 Å². The van der Waals surface area contributed by atoms with E-state index in [1.54, 1.807) is 14.1 Å². The van der Waals surface area contributed by atoms with E-state index < -0.39 is 0 Å². The van der Waals surface area contributed by atoms with Crippen molar-refractivity contribution in [2.45, 2.75) is 6.54 Å². The first-order valence-corrected chi connectivity index (χ1v) is 5.81. The van der Waals surface area contributed by atoms with Crippen LogP contribution in [0.25, 0.3) is 0 Å². The minimum Gasteiger partial charge on any atom is -0.351 e. The Kier molecular flexibility index (Phi) is 5.87. The molecule has 1 aromatic rings. The molecule has 0 aliphatic rings. The molecular formula is C13H19N3O2. The van der Waals surface area contributed by atoms with Crippen LogP contribution in [-0.4, -0.2) is 43.9 Å². The van der Waals surface area contributed by atoms with E-state index >= 15 is 0 Å². The van der Waals surface area contributed by atoms with Gasteiger partial charge in [-0.1, -0.05) is 30.3 Å². The fraction of sp³-hybridized carbons (Fsp3) is 0.385. The molecule has 1 rings (SSSR count). The largest absolute Gasteiger partial charge is 0.351 e. The van der Waals surface area contributed by atoms with E-state index in [2.05, 4.69) is 10.6 Å². The number of carbonyl (C=O) groups is 2. The lowest BCUT2D eigenvalue weighted by atomic mass is 10.2. The molecule has 0 spiro atoms. The zero-order valence-electron chi connectivity index (χ0n) is 10.8. The van der Waals surface area contributed by atoms with Crippen LogP contribution in [-0.2, 0) is 16.1 Å². The summed E-state index contributed by atoms with van der Waals surface area (Å²) in [5, 5.41) is 5.57. The summed E-state index contributed by atoms with van der Waals surface area (Å²) < 4.78 is 0. The second-order valence-corrected chi connectivity index (χ2v) is 4.15. The van der Waals surface area contributed by atoms with E-state index in [9.17, 15) is 9.59 Å². The maximum absolute atomic E-state index is 11.5. The van der Waals surface area contributed by atoms with Crippen LogP contribution in [0.1, 0.15) is 5.56 Å². The smallest absolute Gasteiger partial charge is 0.236 e. The van der Waals surface area contributed by atoms with E-state index in [4.69, 9.17) is 0 Å². The van der Waals surface area contributed by atoms with Gasteiger partial charge in [-0.05, 0) is 5.56 Å². The number of rotatable bonds is 6. The maximum atomic E-state index is 11.5. The highest BCUT2D eigenvalue weighted by atomic mass is 16.2. The average Bonchev–Trinajstić information content (AvgIpc) is 2.37. The fourth-order valence-electron chi connectivity index (χ4n) is 1.30. The number of nitrogens with zero attached hydrogens (tertiary/aromatic N) is 1. The van der Waals surface area contributed by atoms with Crippen molar-refractivity contribution in [1.82, 2.24) is 15.5 Å². The molecule has 0 atom stereocenters. The van der Waals surface area contributed by atoms with Crippen molar-refractivity contribution in [3.8, 4) is 0 Å². The van der Waals surface area contributed by atoms with E-state index in [1.807, 2.05) is 30.3 Å². The Morgan fingerprint density at radius 3 is 2.39 bits per heavy atom. The third kappa shape index (κ3) is 5.45. The van der Waals surface area contributed by atoms with Crippen LogP contribution >= 0.6 is 0 Å². The second-order valence-electron chi connectivity index (χ2n) is 4.15. The lowest BCUT2D eigenvalue weighted by molar-refractivity contribution is -0.127. The molecule has 0 aromatic heterocycles. The van der Waals surface area contributed by atoms with Crippen molar-refractivity contribution in [3.05, 3.63) is 35.9 Å². The van der Waals surface area contributed by atoms with Crippen LogP contribution in [0.3, 0.4) is 0 Å². The van der Waals surface area contributed by atoms with Gasteiger partial charge in [0, 0.05) is 20.6 Å². The molecule has 0 aliphatic carbocycles. The van der Waals surface area contributed by atoms with Crippen LogP contribution < -0.4 is 10.6 Å². The van der Waals surface area contributed by atoms with Gasteiger partial charge in [0.2, 0.25) is 11.8 Å². The summed E-state index contributed by atoms with van der Waals surface area (Å²) in [6, 6.07) is 9.68. The Morgan fingerprint density at radius 1 is 1.11 bits per heavy atom. The van der Waals surface area contributed by atoms with Gasteiger partial charge in [-0.15, -0.1) is 0 Å². The van der Waals surface area contributed by atoms with E-state index in [0.29, 0.717) is 6.54 Å². The van der Waals surface area contributed by atoms with Crippen molar-refractivity contribution < 1.29 is 9.59 Å². The highest BCUT2D eigenvalue weighted by Gasteiger charge is 2.05. The molecule has 0 heterocycles. The van der Waals surface area contributed by atoms with Crippen molar-refractivity contribution in [1.29, 1.82) is 0 Å². The summed E-state index contributed by atoms with van der Waals surface area (Å²) in [5.41, 5.74) is 1.05. The Labute approximate surface area is 107 Å².